The fourth-order valence-corrected chi connectivity index (χ4v) is 3.16. The van der Waals surface area contributed by atoms with Crippen LogP contribution in [0.25, 0.3) is 0 Å². The lowest BCUT2D eigenvalue weighted by Gasteiger charge is -2.19. The normalized spacial score (nSPS) is 11.3. The summed E-state index contributed by atoms with van der Waals surface area (Å²) >= 11 is 0. The van der Waals surface area contributed by atoms with Gasteiger partial charge in [-0.3, -0.25) is 4.98 Å². The van der Waals surface area contributed by atoms with Crippen molar-refractivity contribution < 1.29 is 4.74 Å². The molecule has 18 heavy (non-hydrogen) atoms. The zero-order chi connectivity index (χ0) is 13.0. The molecule has 0 atom stereocenters. The van der Waals surface area contributed by atoms with Gasteiger partial charge in [-0.25, -0.2) is 0 Å². The highest BCUT2D eigenvalue weighted by atomic mass is 28.3. The minimum absolute atomic E-state index is 0.601. The van der Waals surface area contributed by atoms with E-state index in [0.29, 0.717) is 6.61 Å². The van der Waals surface area contributed by atoms with E-state index in [1.165, 1.54) is 5.56 Å². The first kappa shape index (κ1) is 12.8. The molecule has 0 bridgehead atoms. The minimum atomic E-state index is -1.45. The largest absolute Gasteiger partial charge is 0.487 e. The molecule has 2 aromatic rings. The van der Waals surface area contributed by atoms with E-state index in [-0.39, 0.29) is 0 Å². The standard InChI is InChI=1S/C15H19NOSi/c1-18(2,3)15-14(10-7-11-16-15)17-12-13-8-5-4-6-9-13/h4-11H,12H2,1-3H3. The van der Waals surface area contributed by atoms with Gasteiger partial charge in [0.25, 0.3) is 0 Å². The van der Waals surface area contributed by atoms with Crippen molar-refractivity contribution in [2.45, 2.75) is 26.2 Å². The molecule has 0 spiro atoms. The summed E-state index contributed by atoms with van der Waals surface area (Å²) in [6.07, 6.45) is 1.85. The first-order chi connectivity index (χ1) is 8.57. The lowest BCUT2D eigenvalue weighted by atomic mass is 10.2. The number of aromatic nitrogens is 1. The Kier molecular flexibility index (Phi) is 3.82. The monoisotopic (exact) mass is 257 g/mol. The average molecular weight is 257 g/mol. The number of nitrogens with zero attached hydrogens (tertiary/aromatic N) is 1. The van der Waals surface area contributed by atoms with Crippen LogP contribution in [-0.2, 0) is 6.61 Å². The van der Waals surface area contributed by atoms with Gasteiger partial charge >= 0.3 is 0 Å². The van der Waals surface area contributed by atoms with Gasteiger partial charge in [-0.2, -0.15) is 0 Å². The van der Waals surface area contributed by atoms with Crippen molar-refractivity contribution in [2.24, 2.45) is 0 Å². The molecule has 0 saturated heterocycles. The molecule has 2 rings (SSSR count). The highest BCUT2D eigenvalue weighted by Crippen LogP contribution is 2.14. The molecule has 0 aliphatic carbocycles. The summed E-state index contributed by atoms with van der Waals surface area (Å²) in [5, 5.41) is 1.14. The lowest BCUT2D eigenvalue weighted by molar-refractivity contribution is 0.307. The summed E-state index contributed by atoms with van der Waals surface area (Å²) in [6.45, 7) is 7.45. The minimum Gasteiger partial charge on any atom is -0.487 e. The molecule has 1 heterocycles. The Labute approximate surface area is 110 Å². The molecule has 1 aromatic heterocycles. The maximum Gasteiger partial charge on any atom is 0.136 e. The Morgan fingerprint density at radius 3 is 2.39 bits per heavy atom. The molecule has 3 heteroatoms. The van der Waals surface area contributed by atoms with E-state index in [9.17, 15) is 0 Å². The van der Waals surface area contributed by atoms with Gasteiger partial charge in [0, 0.05) is 6.20 Å². The summed E-state index contributed by atoms with van der Waals surface area (Å²) in [7, 11) is -1.45. The van der Waals surface area contributed by atoms with Gasteiger partial charge in [0.1, 0.15) is 20.4 Å². The molecule has 2 nitrogen and oxygen atoms in total. The number of benzene rings is 1. The van der Waals surface area contributed by atoms with Crippen LogP contribution in [0.1, 0.15) is 5.56 Å². The van der Waals surface area contributed by atoms with E-state index >= 15 is 0 Å². The van der Waals surface area contributed by atoms with Gasteiger partial charge in [-0.05, 0) is 17.7 Å². The highest BCUT2D eigenvalue weighted by Gasteiger charge is 2.22. The summed E-state index contributed by atoms with van der Waals surface area (Å²) in [6, 6.07) is 14.2. The second-order valence-corrected chi connectivity index (χ2v) is 10.3. The maximum atomic E-state index is 5.92. The number of rotatable bonds is 4. The fourth-order valence-electron chi connectivity index (χ4n) is 1.81. The van der Waals surface area contributed by atoms with Crippen molar-refractivity contribution in [3.8, 4) is 5.75 Å². The van der Waals surface area contributed by atoms with Gasteiger partial charge in [-0.1, -0.05) is 50.0 Å². The molecule has 0 aliphatic rings. The molecule has 0 saturated carbocycles. The van der Waals surface area contributed by atoms with Gasteiger partial charge in [0.15, 0.2) is 0 Å². The highest BCUT2D eigenvalue weighted by molar-refractivity contribution is 6.88. The van der Waals surface area contributed by atoms with Crippen LogP contribution in [0.15, 0.2) is 48.7 Å². The van der Waals surface area contributed by atoms with Crippen molar-refractivity contribution in [1.82, 2.24) is 4.98 Å². The van der Waals surface area contributed by atoms with Crippen molar-refractivity contribution in [2.75, 3.05) is 0 Å². The second kappa shape index (κ2) is 5.36. The van der Waals surface area contributed by atoms with E-state index in [0.717, 1.165) is 11.1 Å². The molecule has 1 aromatic carbocycles. The Bertz CT molecular complexity index is 505. The third-order valence-corrected chi connectivity index (χ3v) is 4.51. The van der Waals surface area contributed by atoms with Crippen molar-refractivity contribution in [3.63, 3.8) is 0 Å². The molecule has 0 aliphatic heterocycles. The third-order valence-electron chi connectivity index (χ3n) is 2.72. The Morgan fingerprint density at radius 1 is 1.00 bits per heavy atom. The molecular weight excluding hydrogens is 238 g/mol. The van der Waals surface area contributed by atoms with Crippen molar-refractivity contribution >= 4 is 13.4 Å². The molecule has 0 amide bonds. The summed E-state index contributed by atoms with van der Waals surface area (Å²) in [4.78, 5) is 4.50. The zero-order valence-corrected chi connectivity index (χ0v) is 12.2. The average Bonchev–Trinajstić information content (AvgIpc) is 2.37. The topological polar surface area (TPSA) is 22.1 Å². The van der Waals surface area contributed by atoms with Gasteiger partial charge in [-0.15, -0.1) is 0 Å². The number of ether oxygens (including phenoxy) is 1. The van der Waals surface area contributed by atoms with Crippen LogP contribution >= 0.6 is 0 Å². The van der Waals surface area contributed by atoms with Crippen molar-refractivity contribution in [1.29, 1.82) is 0 Å². The second-order valence-electron chi connectivity index (χ2n) is 5.37. The summed E-state index contributed by atoms with van der Waals surface area (Å²) in [5.74, 6) is 0.931. The fraction of sp³-hybridized carbons (Fsp3) is 0.267. The smallest absolute Gasteiger partial charge is 0.136 e. The third kappa shape index (κ3) is 3.20. The van der Waals surface area contributed by atoms with Crippen LogP contribution in [0.4, 0.5) is 0 Å². The predicted molar refractivity (Wildman–Crippen MR) is 78.0 cm³/mol. The van der Waals surface area contributed by atoms with Crippen LogP contribution in [0.3, 0.4) is 0 Å². The molecule has 0 unspecified atom stereocenters. The van der Waals surface area contributed by atoms with E-state index in [2.05, 4.69) is 36.8 Å². The molecule has 94 valence electrons. The summed E-state index contributed by atoms with van der Waals surface area (Å²) in [5.41, 5.74) is 1.18. The summed E-state index contributed by atoms with van der Waals surface area (Å²) < 4.78 is 5.92. The van der Waals surface area contributed by atoms with Gasteiger partial charge < -0.3 is 4.74 Å². The van der Waals surface area contributed by atoms with Crippen LogP contribution in [0.2, 0.25) is 19.6 Å². The van der Waals surface area contributed by atoms with E-state index in [1.807, 2.05) is 36.5 Å². The van der Waals surface area contributed by atoms with Crippen LogP contribution in [0.5, 0.6) is 5.75 Å². The Balaban J connectivity index is 2.15. The number of pyridine rings is 1. The molecule has 0 N–H and O–H groups in total. The first-order valence-corrected chi connectivity index (χ1v) is 9.69. The number of hydrogen-bond acceptors (Lipinski definition) is 2. The van der Waals surface area contributed by atoms with Crippen LogP contribution < -0.4 is 10.1 Å². The van der Waals surface area contributed by atoms with E-state index < -0.39 is 8.07 Å². The van der Waals surface area contributed by atoms with Crippen LogP contribution in [0, 0.1) is 0 Å². The van der Waals surface area contributed by atoms with Gasteiger partial charge in [0.2, 0.25) is 0 Å². The Morgan fingerprint density at radius 2 is 1.72 bits per heavy atom. The molecular formula is C15H19NOSi. The van der Waals surface area contributed by atoms with E-state index in [4.69, 9.17) is 4.74 Å². The molecule has 0 fully saturated rings. The van der Waals surface area contributed by atoms with E-state index in [1.54, 1.807) is 0 Å². The predicted octanol–water partition coefficient (Wildman–Crippen LogP) is 3.21. The Hall–Kier alpha value is -1.61. The lowest BCUT2D eigenvalue weighted by Crippen LogP contribution is -2.40. The maximum absolute atomic E-state index is 5.92. The molecule has 0 radical (unpaired) electrons. The SMILES string of the molecule is C[Si](C)(C)c1ncccc1OCc1ccccc1. The first-order valence-electron chi connectivity index (χ1n) is 6.19. The van der Waals surface area contributed by atoms with Crippen LogP contribution in [-0.4, -0.2) is 13.1 Å². The van der Waals surface area contributed by atoms with Gasteiger partial charge in [0.05, 0.1) is 5.32 Å². The number of hydrogen-bond donors (Lipinski definition) is 0. The quantitative estimate of drug-likeness (QED) is 0.785. The zero-order valence-electron chi connectivity index (χ0n) is 11.2. The van der Waals surface area contributed by atoms with Crippen molar-refractivity contribution in [3.05, 3.63) is 54.2 Å².